The van der Waals surface area contributed by atoms with Gasteiger partial charge in [-0.15, -0.1) is 0 Å². The van der Waals surface area contributed by atoms with Crippen molar-refractivity contribution in [1.29, 1.82) is 0 Å². The molecule has 4 aromatic rings. The molecule has 0 saturated heterocycles. The van der Waals surface area contributed by atoms with Crippen molar-refractivity contribution >= 4 is 33.7 Å². The summed E-state index contributed by atoms with van der Waals surface area (Å²) in [6.07, 6.45) is 0.557. The number of carbonyl (C=O) groups is 2. The van der Waals surface area contributed by atoms with E-state index >= 15 is 0 Å². The highest BCUT2D eigenvalue weighted by Crippen LogP contribution is 2.24. The summed E-state index contributed by atoms with van der Waals surface area (Å²) < 4.78 is 10.9. The van der Waals surface area contributed by atoms with E-state index in [0.29, 0.717) is 16.8 Å². The first-order chi connectivity index (χ1) is 14.9. The number of amides is 2. The SMILES string of the molecule is CC(C)c1noc2ncc(C(=O)NNC(=O)[C@@H](C)Oc3ccc4ccccc4c3)cc12. The van der Waals surface area contributed by atoms with Crippen LogP contribution in [0.1, 0.15) is 42.7 Å². The Balaban J connectivity index is 1.38. The monoisotopic (exact) mass is 418 g/mol. The molecular formula is C23H22N4O4. The van der Waals surface area contributed by atoms with E-state index in [-0.39, 0.29) is 11.5 Å². The summed E-state index contributed by atoms with van der Waals surface area (Å²) in [6.45, 7) is 5.55. The number of benzene rings is 2. The lowest BCUT2D eigenvalue weighted by Gasteiger charge is -2.15. The lowest BCUT2D eigenvalue weighted by atomic mass is 10.1. The Bertz CT molecular complexity index is 1260. The molecule has 0 saturated carbocycles. The first-order valence-corrected chi connectivity index (χ1v) is 9.93. The van der Waals surface area contributed by atoms with Crippen LogP contribution in [-0.2, 0) is 4.79 Å². The fraction of sp³-hybridized carbons (Fsp3) is 0.217. The average molecular weight is 418 g/mol. The van der Waals surface area contributed by atoms with Gasteiger partial charge in [0.15, 0.2) is 6.10 Å². The predicted molar refractivity (Wildman–Crippen MR) is 116 cm³/mol. The molecule has 2 heterocycles. The molecular weight excluding hydrogens is 396 g/mol. The molecule has 0 spiro atoms. The van der Waals surface area contributed by atoms with Crippen molar-refractivity contribution in [3.8, 4) is 5.75 Å². The quantitative estimate of drug-likeness (QED) is 0.479. The first-order valence-electron chi connectivity index (χ1n) is 9.93. The van der Waals surface area contributed by atoms with Gasteiger partial charge in [-0.05, 0) is 41.8 Å². The van der Waals surface area contributed by atoms with Crippen LogP contribution in [0.3, 0.4) is 0 Å². The van der Waals surface area contributed by atoms with E-state index in [9.17, 15) is 9.59 Å². The van der Waals surface area contributed by atoms with E-state index in [4.69, 9.17) is 9.26 Å². The second-order valence-electron chi connectivity index (χ2n) is 7.51. The van der Waals surface area contributed by atoms with Gasteiger partial charge in [-0.3, -0.25) is 20.4 Å². The van der Waals surface area contributed by atoms with Crippen molar-refractivity contribution in [3.05, 3.63) is 66.0 Å². The molecule has 0 aliphatic heterocycles. The van der Waals surface area contributed by atoms with Crippen LogP contribution in [-0.4, -0.2) is 28.1 Å². The third-order valence-corrected chi connectivity index (χ3v) is 4.87. The summed E-state index contributed by atoms with van der Waals surface area (Å²) in [6, 6.07) is 15.1. The smallest absolute Gasteiger partial charge is 0.279 e. The minimum absolute atomic E-state index is 0.120. The van der Waals surface area contributed by atoms with Crippen LogP contribution < -0.4 is 15.6 Å². The minimum Gasteiger partial charge on any atom is -0.481 e. The number of carbonyl (C=O) groups excluding carboxylic acids is 2. The molecule has 0 aliphatic carbocycles. The van der Waals surface area contributed by atoms with E-state index in [1.54, 1.807) is 19.1 Å². The molecule has 0 unspecified atom stereocenters. The van der Waals surface area contributed by atoms with Crippen LogP contribution in [0.25, 0.3) is 21.9 Å². The van der Waals surface area contributed by atoms with E-state index in [1.165, 1.54) is 6.20 Å². The molecule has 0 bridgehead atoms. The Morgan fingerprint density at radius 1 is 1.00 bits per heavy atom. The lowest BCUT2D eigenvalue weighted by Crippen LogP contribution is -2.47. The Morgan fingerprint density at radius 2 is 1.77 bits per heavy atom. The van der Waals surface area contributed by atoms with Gasteiger partial charge in [0.25, 0.3) is 17.5 Å². The zero-order valence-electron chi connectivity index (χ0n) is 17.4. The van der Waals surface area contributed by atoms with Gasteiger partial charge in [-0.1, -0.05) is 49.3 Å². The van der Waals surface area contributed by atoms with Gasteiger partial charge in [0.05, 0.1) is 16.6 Å². The predicted octanol–water partition coefficient (Wildman–Crippen LogP) is 3.73. The lowest BCUT2D eigenvalue weighted by molar-refractivity contribution is -0.128. The maximum Gasteiger partial charge on any atom is 0.279 e. The largest absolute Gasteiger partial charge is 0.481 e. The van der Waals surface area contributed by atoms with Crippen molar-refractivity contribution in [2.75, 3.05) is 0 Å². The van der Waals surface area contributed by atoms with Crippen molar-refractivity contribution < 1.29 is 18.8 Å². The van der Waals surface area contributed by atoms with E-state index in [0.717, 1.165) is 16.5 Å². The fourth-order valence-electron chi connectivity index (χ4n) is 3.18. The van der Waals surface area contributed by atoms with Crippen molar-refractivity contribution in [1.82, 2.24) is 21.0 Å². The van der Waals surface area contributed by atoms with E-state index in [2.05, 4.69) is 21.0 Å². The number of nitrogens with one attached hydrogen (secondary N) is 2. The highest BCUT2D eigenvalue weighted by Gasteiger charge is 2.18. The third-order valence-electron chi connectivity index (χ3n) is 4.87. The Kier molecular flexibility index (Phi) is 5.53. The van der Waals surface area contributed by atoms with Crippen LogP contribution in [0.4, 0.5) is 0 Å². The van der Waals surface area contributed by atoms with Gasteiger partial charge in [-0.2, -0.15) is 0 Å². The van der Waals surface area contributed by atoms with Crippen LogP contribution in [0, 0.1) is 0 Å². The molecule has 0 aliphatic rings. The Labute approximate surface area is 178 Å². The number of pyridine rings is 1. The second-order valence-corrected chi connectivity index (χ2v) is 7.51. The van der Waals surface area contributed by atoms with Crippen molar-refractivity contribution in [2.24, 2.45) is 0 Å². The molecule has 4 rings (SSSR count). The van der Waals surface area contributed by atoms with Crippen LogP contribution in [0.15, 0.2) is 59.3 Å². The van der Waals surface area contributed by atoms with Crippen LogP contribution in [0.5, 0.6) is 5.75 Å². The molecule has 31 heavy (non-hydrogen) atoms. The number of hydrogen-bond donors (Lipinski definition) is 2. The summed E-state index contributed by atoms with van der Waals surface area (Å²) in [5.41, 5.74) is 6.14. The molecule has 0 radical (unpaired) electrons. The summed E-state index contributed by atoms with van der Waals surface area (Å²) in [5.74, 6) is -0.301. The molecule has 158 valence electrons. The molecule has 2 N–H and O–H groups in total. The number of nitrogens with zero attached hydrogens (tertiary/aromatic N) is 2. The number of ether oxygens (including phenoxy) is 1. The van der Waals surface area contributed by atoms with E-state index < -0.39 is 17.9 Å². The standard InChI is InChI=1S/C23H22N4O4/c1-13(2)20-19-11-17(12-24-23(19)31-27-20)22(29)26-25-21(28)14(3)30-18-9-8-15-6-4-5-7-16(15)10-18/h4-14H,1-3H3,(H,25,28)(H,26,29)/t14-/m1/s1. The van der Waals surface area contributed by atoms with E-state index in [1.807, 2.05) is 50.2 Å². The Morgan fingerprint density at radius 3 is 2.55 bits per heavy atom. The van der Waals surface area contributed by atoms with Crippen LogP contribution in [0.2, 0.25) is 0 Å². The molecule has 2 amide bonds. The fourth-order valence-corrected chi connectivity index (χ4v) is 3.18. The minimum atomic E-state index is -0.812. The molecule has 8 heteroatoms. The highest BCUT2D eigenvalue weighted by molar-refractivity contribution is 5.98. The van der Waals surface area contributed by atoms with Gasteiger partial charge in [-0.25, -0.2) is 4.98 Å². The van der Waals surface area contributed by atoms with Gasteiger partial charge in [0, 0.05) is 6.20 Å². The number of hydrazine groups is 1. The van der Waals surface area contributed by atoms with Crippen molar-refractivity contribution in [3.63, 3.8) is 0 Å². The Hall–Kier alpha value is -3.94. The van der Waals surface area contributed by atoms with Gasteiger partial charge in [0.1, 0.15) is 5.75 Å². The number of fused-ring (bicyclic) bond motifs is 2. The normalized spacial score (nSPS) is 12.1. The summed E-state index contributed by atoms with van der Waals surface area (Å²) in [7, 11) is 0. The highest BCUT2D eigenvalue weighted by atomic mass is 16.5. The number of rotatable bonds is 5. The molecule has 1 atom stereocenters. The zero-order chi connectivity index (χ0) is 22.0. The van der Waals surface area contributed by atoms with Gasteiger partial charge < -0.3 is 9.26 Å². The van der Waals surface area contributed by atoms with Gasteiger partial charge >= 0.3 is 0 Å². The second kappa shape index (κ2) is 8.43. The topological polar surface area (TPSA) is 106 Å². The van der Waals surface area contributed by atoms with Crippen LogP contribution >= 0.6 is 0 Å². The zero-order valence-corrected chi connectivity index (χ0v) is 17.4. The molecule has 2 aromatic heterocycles. The van der Waals surface area contributed by atoms with Crippen molar-refractivity contribution in [2.45, 2.75) is 32.8 Å². The molecule has 0 fully saturated rings. The molecule has 8 nitrogen and oxygen atoms in total. The first kappa shape index (κ1) is 20.3. The summed E-state index contributed by atoms with van der Waals surface area (Å²) >= 11 is 0. The number of aromatic nitrogens is 2. The summed E-state index contributed by atoms with van der Waals surface area (Å²) in [4.78, 5) is 29.0. The maximum absolute atomic E-state index is 12.5. The maximum atomic E-state index is 12.5. The summed E-state index contributed by atoms with van der Waals surface area (Å²) in [5, 5.41) is 6.76. The van der Waals surface area contributed by atoms with Gasteiger partial charge in [0.2, 0.25) is 0 Å². The number of hydrogen-bond acceptors (Lipinski definition) is 6. The third kappa shape index (κ3) is 4.32. The molecule has 2 aromatic carbocycles. The average Bonchev–Trinajstić information content (AvgIpc) is 3.20.